The van der Waals surface area contributed by atoms with Crippen molar-refractivity contribution in [2.45, 2.75) is 37.5 Å². The molecule has 1 aliphatic carbocycles. The van der Waals surface area contributed by atoms with Gasteiger partial charge in [-0.05, 0) is 49.1 Å². The number of carbonyl (C=O) groups excluding carboxylic acids is 2. The Balaban J connectivity index is 1.64. The molecule has 7 heteroatoms. The molecule has 2 fully saturated rings. The number of amides is 2. The second-order valence-corrected chi connectivity index (χ2v) is 7.73. The zero-order valence-electron chi connectivity index (χ0n) is 16.2. The number of halogens is 2. The third-order valence-corrected chi connectivity index (χ3v) is 5.81. The normalized spacial score (nSPS) is 23.0. The number of nitrogens with zero attached hydrogens (tertiary/aromatic N) is 1. The highest BCUT2D eigenvalue weighted by molar-refractivity contribution is 5.87. The molecule has 2 aliphatic rings. The summed E-state index contributed by atoms with van der Waals surface area (Å²) in [6, 6.07) is 10.1. The lowest BCUT2D eigenvalue weighted by Crippen LogP contribution is -2.54. The minimum absolute atomic E-state index is 0.138. The van der Waals surface area contributed by atoms with E-state index in [2.05, 4.69) is 5.32 Å². The van der Waals surface area contributed by atoms with Crippen LogP contribution in [0, 0.1) is 18.6 Å². The highest BCUT2D eigenvalue weighted by atomic mass is 19.1. The molecule has 1 saturated heterocycles. The summed E-state index contributed by atoms with van der Waals surface area (Å²) < 4.78 is 33.6. The van der Waals surface area contributed by atoms with Gasteiger partial charge in [-0.3, -0.25) is 9.59 Å². The second-order valence-electron chi connectivity index (χ2n) is 7.73. The van der Waals surface area contributed by atoms with E-state index in [1.807, 2.05) is 31.2 Å². The van der Waals surface area contributed by atoms with Crippen LogP contribution in [-0.4, -0.2) is 36.5 Å². The number of rotatable bonds is 4. The summed E-state index contributed by atoms with van der Waals surface area (Å²) in [7, 11) is 1.64. The lowest BCUT2D eigenvalue weighted by atomic mass is 9.93. The first-order valence-electron chi connectivity index (χ1n) is 9.53. The summed E-state index contributed by atoms with van der Waals surface area (Å²) in [5.41, 5.74) is 0.935. The van der Waals surface area contributed by atoms with E-state index in [9.17, 15) is 18.4 Å². The quantitative estimate of drug-likeness (QED) is 0.859. The molecular formula is C22H22F2N2O3. The molecule has 1 heterocycles. The summed E-state index contributed by atoms with van der Waals surface area (Å²) in [6.45, 7) is 1.69. The molecule has 2 aromatic rings. The van der Waals surface area contributed by atoms with Crippen molar-refractivity contribution < 1.29 is 23.1 Å². The van der Waals surface area contributed by atoms with Crippen LogP contribution in [0.3, 0.4) is 0 Å². The van der Waals surface area contributed by atoms with Gasteiger partial charge < -0.3 is 15.0 Å². The van der Waals surface area contributed by atoms with E-state index in [1.54, 1.807) is 7.05 Å². The zero-order chi connectivity index (χ0) is 20.8. The minimum Gasteiger partial charge on any atom is -0.356 e. The van der Waals surface area contributed by atoms with Crippen LogP contribution in [0.5, 0.6) is 0 Å². The first-order valence-corrected chi connectivity index (χ1v) is 9.53. The van der Waals surface area contributed by atoms with Crippen LogP contribution in [0.15, 0.2) is 42.5 Å². The van der Waals surface area contributed by atoms with Gasteiger partial charge in [-0.1, -0.05) is 24.3 Å². The Labute approximate surface area is 167 Å². The molecule has 2 amide bonds. The average Bonchev–Trinajstić information content (AvgIpc) is 3.47. The van der Waals surface area contributed by atoms with E-state index >= 15 is 0 Å². The van der Waals surface area contributed by atoms with Crippen molar-refractivity contribution >= 4 is 11.8 Å². The highest BCUT2D eigenvalue weighted by Crippen LogP contribution is 2.47. The molecule has 1 N–H and O–H groups in total. The topological polar surface area (TPSA) is 58.6 Å². The van der Waals surface area contributed by atoms with Crippen LogP contribution in [0.1, 0.15) is 35.6 Å². The first kappa shape index (κ1) is 19.5. The summed E-state index contributed by atoms with van der Waals surface area (Å²) >= 11 is 0. The van der Waals surface area contributed by atoms with Gasteiger partial charge in [-0.25, -0.2) is 8.78 Å². The number of hydrogen-bond donors (Lipinski definition) is 1. The number of aryl methyl sites for hydroxylation is 1. The summed E-state index contributed by atoms with van der Waals surface area (Å²) in [5.74, 6) is -1.78. The van der Waals surface area contributed by atoms with Crippen molar-refractivity contribution in [3.05, 3.63) is 70.8 Å². The summed E-state index contributed by atoms with van der Waals surface area (Å²) in [4.78, 5) is 26.9. The SMILES string of the molecule is Cc1ccccc1[C@@H]1[C@@H](C(=O)NC2(c3cc(F)ccc3F)CC2)OCC(=O)N1C. The Morgan fingerprint density at radius 2 is 1.93 bits per heavy atom. The molecule has 1 aliphatic heterocycles. The van der Waals surface area contributed by atoms with E-state index in [-0.39, 0.29) is 18.1 Å². The Hall–Kier alpha value is -2.80. The van der Waals surface area contributed by atoms with Gasteiger partial charge in [0.05, 0.1) is 11.6 Å². The van der Waals surface area contributed by atoms with Gasteiger partial charge in [-0.15, -0.1) is 0 Å². The van der Waals surface area contributed by atoms with Crippen molar-refractivity contribution in [3.63, 3.8) is 0 Å². The van der Waals surface area contributed by atoms with Crippen molar-refractivity contribution in [2.24, 2.45) is 0 Å². The van der Waals surface area contributed by atoms with Crippen molar-refractivity contribution in [1.29, 1.82) is 0 Å². The van der Waals surface area contributed by atoms with Gasteiger partial charge in [0, 0.05) is 12.6 Å². The largest absolute Gasteiger partial charge is 0.356 e. The number of likely N-dealkylation sites (N-methyl/N-ethyl adjacent to an activating group) is 1. The average molecular weight is 400 g/mol. The van der Waals surface area contributed by atoms with Crippen molar-refractivity contribution in [3.8, 4) is 0 Å². The van der Waals surface area contributed by atoms with Crippen LogP contribution < -0.4 is 5.32 Å². The number of benzene rings is 2. The Bertz CT molecular complexity index is 974. The molecule has 1 saturated carbocycles. The maximum atomic E-state index is 14.3. The lowest BCUT2D eigenvalue weighted by Gasteiger charge is -2.39. The molecule has 29 heavy (non-hydrogen) atoms. The third-order valence-electron chi connectivity index (χ3n) is 5.81. The van der Waals surface area contributed by atoms with E-state index in [1.165, 1.54) is 4.90 Å². The smallest absolute Gasteiger partial charge is 0.252 e. The monoisotopic (exact) mass is 400 g/mol. The molecule has 4 rings (SSSR count). The Kier molecular flexibility index (Phi) is 4.86. The molecule has 2 aromatic carbocycles. The van der Waals surface area contributed by atoms with Gasteiger partial charge >= 0.3 is 0 Å². The van der Waals surface area contributed by atoms with E-state index in [0.717, 1.165) is 29.3 Å². The third kappa shape index (κ3) is 3.51. The fourth-order valence-corrected chi connectivity index (χ4v) is 3.98. The second kappa shape index (κ2) is 7.22. The molecule has 0 aromatic heterocycles. The van der Waals surface area contributed by atoms with Gasteiger partial charge in [-0.2, -0.15) is 0 Å². The number of morpholine rings is 1. The van der Waals surface area contributed by atoms with Crippen LogP contribution in [-0.2, 0) is 19.9 Å². The zero-order valence-corrected chi connectivity index (χ0v) is 16.2. The predicted octanol–water partition coefficient (Wildman–Crippen LogP) is 2.98. The van der Waals surface area contributed by atoms with E-state index in [0.29, 0.717) is 12.8 Å². The molecule has 0 spiro atoms. The standard InChI is InChI=1S/C22H22F2N2O3/c1-13-5-3-4-6-15(13)19-20(29-12-18(27)26(19)2)21(28)25-22(9-10-22)16-11-14(23)7-8-17(16)24/h3-8,11,19-20H,9-10,12H2,1-2H3,(H,25,28)/t19-,20+/m1/s1. The maximum Gasteiger partial charge on any atom is 0.252 e. The number of ether oxygens (including phenoxy) is 1. The molecule has 2 atom stereocenters. The van der Waals surface area contributed by atoms with E-state index < -0.39 is 35.2 Å². The number of nitrogens with one attached hydrogen (secondary N) is 1. The number of hydrogen-bond acceptors (Lipinski definition) is 3. The van der Waals surface area contributed by atoms with E-state index in [4.69, 9.17) is 4.74 Å². The van der Waals surface area contributed by atoms with Crippen LogP contribution in [0.25, 0.3) is 0 Å². The molecule has 0 bridgehead atoms. The van der Waals surface area contributed by atoms with Gasteiger partial charge in [0.15, 0.2) is 6.10 Å². The molecule has 152 valence electrons. The van der Waals surface area contributed by atoms with Crippen LogP contribution in [0.4, 0.5) is 8.78 Å². The van der Waals surface area contributed by atoms with Gasteiger partial charge in [0.1, 0.15) is 18.2 Å². The van der Waals surface area contributed by atoms with Crippen LogP contribution >= 0.6 is 0 Å². The fraction of sp³-hybridized carbons (Fsp3) is 0.364. The molecule has 0 radical (unpaired) electrons. The van der Waals surface area contributed by atoms with Gasteiger partial charge in [0.2, 0.25) is 5.91 Å². The summed E-state index contributed by atoms with van der Waals surface area (Å²) in [5, 5.41) is 2.87. The minimum atomic E-state index is -0.951. The number of carbonyl (C=O) groups is 2. The molecule has 5 nitrogen and oxygen atoms in total. The maximum absolute atomic E-state index is 14.3. The van der Waals surface area contributed by atoms with Gasteiger partial charge in [0.25, 0.3) is 5.91 Å². The predicted molar refractivity (Wildman–Crippen MR) is 102 cm³/mol. The van der Waals surface area contributed by atoms with Crippen LogP contribution in [0.2, 0.25) is 0 Å². The lowest BCUT2D eigenvalue weighted by molar-refractivity contribution is -0.162. The van der Waals surface area contributed by atoms with Crippen molar-refractivity contribution in [1.82, 2.24) is 10.2 Å². The Morgan fingerprint density at radius 3 is 2.62 bits per heavy atom. The highest BCUT2D eigenvalue weighted by Gasteiger charge is 2.50. The summed E-state index contributed by atoms with van der Waals surface area (Å²) in [6.07, 6.45) is 0.0681. The molecular weight excluding hydrogens is 378 g/mol. The van der Waals surface area contributed by atoms with Crippen molar-refractivity contribution in [2.75, 3.05) is 13.7 Å². The fourth-order valence-electron chi connectivity index (χ4n) is 3.98. The Morgan fingerprint density at radius 1 is 1.21 bits per heavy atom. The molecule has 0 unspecified atom stereocenters. The first-order chi connectivity index (χ1) is 13.8.